The van der Waals surface area contributed by atoms with Crippen LogP contribution in [0.2, 0.25) is 0 Å². The van der Waals surface area contributed by atoms with Crippen LogP contribution < -0.4 is 5.73 Å². The molecule has 1 heterocycles. The largest absolute Gasteiger partial charge is 0.478 e. The highest BCUT2D eigenvalue weighted by atomic mass is 16.4. The zero-order valence-electron chi connectivity index (χ0n) is 7.79. The molecule has 5 heteroatoms. The lowest BCUT2D eigenvalue weighted by Gasteiger charge is -2.01. The van der Waals surface area contributed by atoms with Crippen molar-refractivity contribution in [1.82, 2.24) is 9.78 Å². The lowest BCUT2D eigenvalue weighted by atomic mass is 10.2. The second kappa shape index (κ2) is 3.45. The summed E-state index contributed by atoms with van der Waals surface area (Å²) in [5.74, 6) is -0.562. The molecule has 0 bridgehead atoms. The fourth-order valence-electron chi connectivity index (χ4n) is 1.26. The summed E-state index contributed by atoms with van der Waals surface area (Å²) in [6.07, 6.45) is 1.68. The molecule has 0 atom stereocenters. The Morgan fingerprint density at radius 1 is 1.40 bits per heavy atom. The molecule has 2 rings (SSSR count). The molecule has 0 saturated heterocycles. The van der Waals surface area contributed by atoms with Crippen LogP contribution in [-0.2, 0) is 0 Å². The monoisotopic (exact) mass is 203 g/mol. The topological polar surface area (TPSA) is 81.1 Å². The number of hydrogen-bond donors (Lipinski definition) is 2. The maximum absolute atomic E-state index is 10.7. The first kappa shape index (κ1) is 9.26. The molecule has 1 aromatic carbocycles. The van der Waals surface area contributed by atoms with Gasteiger partial charge in [-0.2, -0.15) is 5.10 Å². The van der Waals surface area contributed by atoms with Crippen LogP contribution in [0.15, 0.2) is 36.5 Å². The van der Waals surface area contributed by atoms with Crippen LogP contribution in [0.4, 0.5) is 5.82 Å². The van der Waals surface area contributed by atoms with E-state index in [4.69, 9.17) is 10.8 Å². The van der Waals surface area contributed by atoms with Crippen LogP contribution in [-0.4, -0.2) is 20.9 Å². The fourth-order valence-corrected chi connectivity index (χ4v) is 1.26. The fraction of sp³-hybridized carbons (Fsp3) is 0. The minimum Gasteiger partial charge on any atom is -0.478 e. The molecule has 0 amide bonds. The quantitative estimate of drug-likeness (QED) is 0.767. The first-order valence-corrected chi connectivity index (χ1v) is 4.32. The number of hydrogen-bond acceptors (Lipinski definition) is 3. The van der Waals surface area contributed by atoms with Crippen LogP contribution in [0.1, 0.15) is 10.4 Å². The molecule has 0 fully saturated rings. The van der Waals surface area contributed by atoms with E-state index in [9.17, 15) is 4.79 Å². The average molecular weight is 203 g/mol. The zero-order valence-corrected chi connectivity index (χ0v) is 7.79. The third kappa shape index (κ3) is 1.80. The molecule has 0 aliphatic rings. The molecular weight excluding hydrogens is 194 g/mol. The van der Waals surface area contributed by atoms with E-state index < -0.39 is 5.97 Å². The van der Waals surface area contributed by atoms with Gasteiger partial charge in [-0.25, -0.2) is 9.48 Å². The highest BCUT2D eigenvalue weighted by Gasteiger charge is 2.04. The smallest absolute Gasteiger partial charge is 0.335 e. The molecule has 0 aliphatic carbocycles. The van der Waals surface area contributed by atoms with Crippen molar-refractivity contribution in [3.05, 3.63) is 42.1 Å². The Bertz CT molecular complexity index is 505. The summed E-state index contributed by atoms with van der Waals surface area (Å²) in [6, 6.07) is 8.14. The molecule has 3 N–H and O–H groups in total. The first-order valence-electron chi connectivity index (χ1n) is 4.32. The summed E-state index contributed by atoms with van der Waals surface area (Å²) < 4.78 is 1.53. The van der Waals surface area contributed by atoms with E-state index >= 15 is 0 Å². The number of carboxylic acids is 1. The van der Waals surface area contributed by atoms with Crippen molar-refractivity contribution in [2.75, 3.05) is 5.73 Å². The van der Waals surface area contributed by atoms with Crippen LogP contribution in [0.5, 0.6) is 0 Å². The molecule has 15 heavy (non-hydrogen) atoms. The molecule has 0 radical (unpaired) electrons. The molecule has 2 aromatic rings. The van der Waals surface area contributed by atoms with Crippen LogP contribution in [0, 0.1) is 0 Å². The lowest BCUT2D eigenvalue weighted by molar-refractivity contribution is 0.0697. The number of nitrogens with two attached hydrogens (primary N) is 1. The van der Waals surface area contributed by atoms with Crippen LogP contribution in [0.3, 0.4) is 0 Å². The number of anilines is 1. The molecule has 0 saturated carbocycles. The summed E-state index contributed by atoms with van der Waals surface area (Å²) in [6.45, 7) is 0. The molecule has 1 aromatic heterocycles. The molecule has 76 valence electrons. The normalized spacial score (nSPS) is 10.1. The van der Waals surface area contributed by atoms with Crippen molar-refractivity contribution in [1.29, 1.82) is 0 Å². The maximum Gasteiger partial charge on any atom is 0.335 e. The van der Waals surface area contributed by atoms with Gasteiger partial charge in [0, 0.05) is 12.3 Å². The van der Waals surface area contributed by atoms with Crippen LogP contribution in [0.25, 0.3) is 5.69 Å². The van der Waals surface area contributed by atoms with Crippen LogP contribution >= 0.6 is 0 Å². The summed E-state index contributed by atoms with van der Waals surface area (Å²) >= 11 is 0. The predicted molar refractivity (Wildman–Crippen MR) is 54.9 cm³/mol. The minimum absolute atomic E-state index is 0.224. The summed E-state index contributed by atoms with van der Waals surface area (Å²) in [5.41, 5.74) is 6.36. The minimum atomic E-state index is -0.961. The van der Waals surface area contributed by atoms with E-state index in [1.165, 1.54) is 16.8 Å². The van der Waals surface area contributed by atoms with E-state index in [-0.39, 0.29) is 5.56 Å². The average Bonchev–Trinajstić information content (AvgIpc) is 2.65. The van der Waals surface area contributed by atoms with E-state index in [2.05, 4.69) is 5.10 Å². The Morgan fingerprint density at radius 2 is 2.20 bits per heavy atom. The van der Waals surface area contributed by atoms with E-state index in [0.717, 1.165) is 0 Å². The summed E-state index contributed by atoms with van der Waals surface area (Å²) in [7, 11) is 0. The highest BCUT2D eigenvalue weighted by Crippen LogP contribution is 2.11. The predicted octanol–water partition coefficient (Wildman–Crippen LogP) is 1.15. The van der Waals surface area contributed by atoms with Crippen molar-refractivity contribution >= 4 is 11.8 Å². The van der Waals surface area contributed by atoms with Crippen molar-refractivity contribution in [2.45, 2.75) is 0 Å². The third-order valence-corrected chi connectivity index (χ3v) is 1.97. The lowest BCUT2D eigenvalue weighted by Crippen LogP contribution is -2.00. The van der Waals surface area contributed by atoms with Gasteiger partial charge in [0.15, 0.2) is 0 Å². The van der Waals surface area contributed by atoms with Crippen molar-refractivity contribution in [2.24, 2.45) is 0 Å². The standard InChI is InChI=1S/C10H9N3O2/c11-9-4-5-13(12-9)8-3-1-2-7(6-8)10(14)15/h1-6H,(H2,11,12)(H,14,15). The summed E-state index contributed by atoms with van der Waals surface area (Å²) in [5, 5.41) is 12.8. The van der Waals surface area contributed by atoms with Gasteiger partial charge in [0.1, 0.15) is 5.82 Å². The van der Waals surface area contributed by atoms with Gasteiger partial charge >= 0.3 is 5.97 Å². The Kier molecular flexibility index (Phi) is 2.13. The number of rotatable bonds is 2. The molecule has 0 unspecified atom stereocenters. The van der Waals surface area contributed by atoms with E-state index in [0.29, 0.717) is 11.5 Å². The van der Waals surface area contributed by atoms with E-state index in [1.807, 2.05) is 0 Å². The number of benzene rings is 1. The Morgan fingerprint density at radius 3 is 2.80 bits per heavy atom. The van der Waals surface area contributed by atoms with Gasteiger partial charge in [-0.3, -0.25) is 0 Å². The number of nitrogens with zero attached hydrogens (tertiary/aromatic N) is 2. The van der Waals surface area contributed by atoms with Gasteiger partial charge in [-0.1, -0.05) is 6.07 Å². The Hall–Kier alpha value is -2.30. The molecule has 5 nitrogen and oxygen atoms in total. The van der Waals surface area contributed by atoms with Crippen molar-refractivity contribution in [3.63, 3.8) is 0 Å². The number of aromatic nitrogens is 2. The van der Waals surface area contributed by atoms with Gasteiger partial charge in [-0.15, -0.1) is 0 Å². The van der Waals surface area contributed by atoms with E-state index in [1.54, 1.807) is 24.4 Å². The number of nitrogen functional groups attached to an aromatic ring is 1. The Balaban J connectivity index is 2.45. The number of aromatic carboxylic acids is 1. The summed E-state index contributed by atoms with van der Waals surface area (Å²) in [4.78, 5) is 10.7. The van der Waals surface area contributed by atoms with Crippen molar-refractivity contribution in [3.8, 4) is 5.69 Å². The number of carboxylic acid groups (broad SMARTS) is 1. The Labute approximate surface area is 85.8 Å². The zero-order chi connectivity index (χ0) is 10.8. The van der Waals surface area contributed by atoms with Gasteiger partial charge < -0.3 is 10.8 Å². The number of carbonyl (C=O) groups is 1. The van der Waals surface area contributed by atoms with Gasteiger partial charge in [0.2, 0.25) is 0 Å². The highest BCUT2D eigenvalue weighted by molar-refractivity contribution is 5.88. The molecule has 0 spiro atoms. The SMILES string of the molecule is Nc1ccn(-c2cccc(C(=O)O)c2)n1. The first-order chi connectivity index (χ1) is 7.16. The third-order valence-electron chi connectivity index (χ3n) is 1.97. The second-order valence-corrected chi connectivity index (χ2v) is 3.04. The van der Waals surface area contributed by atoms with Gasteiger partial charge in [0.25, 0.3) is 0 Å². The van der Waals surface area contributed by atoms with Gasteiger partial charge in [-0.05, 0) is 18.2 Å². The van der Waals surface area contributed by atoms with Gasteiger partial charge in [0.05, 0.1) is 11.3 Å². The van der Waals surface area contributed by atoms with Crippen molar-refractivity contribution < 1.29 is 9.90 Å². The second-order valence-electron chi connectivity index (χ2n) is 3.04. The maximum atomic E-state index is 10.7. The molecule has 0 aliphatic heterocycles. The molecular formula is C10H9N3O2.